The van der Waals surface area contributed by atoms with Gasteiger partial charge in [-0.2, -0.15) is 0 Å². The van der Waals surface area contributed by atoms with Crippen LogP contribution in [0.4, 0.5) is 4.39 Å². The van der Waals surface area contributed by atoms with Crippen molar-refractivity contribution in [2.24, 2.45) is 0 Å². The van der Waals surface area contributed by atoms with E-state index in [0.29, 0.717) is 0 Å². The molecule has 0 aliphatic heterocycles. The maximum absolute atomic E-state index is 11.2. The molecule has 0 amide bonds. The van der Waals surface area contributed by atoms with Gasteiger partial charge in [0.25, 0.3) is 0 Å². The molecule has 0 bridgehead atoms. The Morgan fingerprint density at radius 2 is 2.00 bits per heavy atom. The predicted molar refractivity (Wildman–Crippen MR) is 28.6 cm³/mol. The summed E-state index contributed by atoms with van der Waals surface area (Å²) in [7, 11) is 0. The van der Waals surface area contributed by atoms with E-state index in [9.17, 15) is 4.39 Å². The van der Waals surface area contributed by atoms with Crippen molar-refractivity contribution in [1.29, 1.82) is 0 Å². The summed E-state index contributed by atoms with van der Waals surface area (Å²) in [5, 5.41) is 0. The fourth-order valence-electron chi connectivity index (χ4n) is 0.239. The van der Waals surface area contributed by atoms with Crippen molar-refractivity contribution in [3.05, 3.63) is 0 Å². The van der Waals surface area contributed by atoms with Crippen molar-refractivity contribution in [2.45, 2.75) is 17.2 Å². The number of rotatable bonds is 3. The molecule has 0 atom stereocenters. The number of hydrogen-bond donors (Lipinski definition) is 0. The summed E-state index contributed by atoms with van der Waals surface area (Å²) in [6.07, 6.45) is 1.88. The van der Waals surface area contributed by atoms with E-state index in [-0.39, 0.29) is 6.67 Å². The van der Waals surface area contributed by atoms with Crippen LogP contribution in [-0.4, -0.2) is 29.7 Å². The van der Waals surface area contributed by atoms with Crippen LogP contribution in [0.25, 0.3) is 0 Å². The van der Waals surface area contributed by atoms with Gasteiger partial charge in [0.1, 0.15) is 0 Å². The van der Waals surface area contributed by atoms with E-state index in [1.165, 1.54) is 27.4 Å². The second-order valence-corrected chi connectivity index (χ2v) is 2.83. The SMILES string of the molecule is FCCC[CH2][SbH2]. The molecular weight excluding hydrogens is 189 g/mol. The van der Waals surface area contributed by atoms with Gasteiger partial charge in [-0.15, -0.1) is 0 Å². The van der Waals surface area contributed by atoms with Crippen molar-refractivity contribution in [2.75, 3.05) is 6.67 Å². The van der Waals surface area contributed by atoms with Crippen molar-refractivity contribution in [3.63, 3.8) is 0 Å². The van der Waals surface area contributed by atoms with Crippen LogP contribution in [0.2, 0.25) is 4.37 Å². The van der Waals surface area contributed by atoms with Gasteiger partial charge in [-0.1, -0.05) is 0 Å². The molecular formula is C4H10FSb. The molecule has 6 heavy (non-hydrogen) atoms. The molecule has 0 heterocycles. The monoisotopic (exact) mass is 198 g/mol. The average molecular weight is 199 g/mol. The number of unbranched alkanes of at least 4 members (excludes halogenated alkanes) is 1. The topological polar surface area (TPSA) is 0 Å². The molecule has 0 aromatic carbocycles. The zero-order valence-electron chi connectivity index (χ0n) is 3.78. The molecule has 38 valence electrons. The summed E-state index contributed by atoms with van der Waals surface area (Å²) in [5.41, 5.74) is 0. The summed E-state index contributed by atoms with van der Waals surface area (Å²) in [4.78, 5) is 0. The quantitative estimate of drug-likeness (QED) is 0.465. The molecule has 0 saturated heterocycles. The molecule has 0 aliphatic carbocycles. The van der Waals surface area contributed by atoms with Crippen molar-refractivity contribution in [1.82, 2.24) is 0 Å². The Hall–Kier alpha value is 0.748. The summed E-state index contributed by atoms with van der Waals surface area (Å²) in [6.45, 7) is -0.124. The van der Waals surface area contributed by atoms with E-state index in [2.05, 4.69) is 0 Å². The first-order valence-corrected chi connectivity index (χ1v) is 4.51. The standard InChI is InChI=1S/C4H8F.Sb.2H/c1-2-3-4-5;;;/h1-4H2;;;. The summed E-state index contributed by atoms with van der Waals surface area (Å²) >= 11 is 1.29. The van der Waals surface area contributed by atoms with Gasteiger partial charge >= 0.3 is 51.3 Å². The van der Waals surface area contributed by atoms with Crippen molar-refractivity contribution in [3.8, 4) is 0 Å². The van der Waals surface area contributed by atoms with E-state index in [1.54, 1.807) is 0 Å². The van der Waals surface area contributed by atoms with E-state index < -0.39 is 0 Å². The van der Waals surface area contributed by atoms with Crippen LogP contribution in [-0.2, 0) is 0 Å². The first-order chi connectivity index (χ1) is 2.91. The number of alkyl halides is 1. The molecule has 0 fully saturated rings. The third-order valence-corrected chi connectivity index (χ3v) is 1.75. The molecule has 0 saturated carbocycles. The van der Waals surface area contributed by atoms with Gasteiger partial charge in [0.05, 0.1) is 0 Å². The molecule has 0 aromatic rings. The molecule has 0 radical (unpaired) electrons. The minimum absolute atomic E-state index is 0.124. The Balaban J connectivity index is 2.34. The van der Waals surface area contributed by atoms with Gasteiger partial charge in [0.2, 0.25) is 0 Å². The number of hydrogen-bond acceptors (Lipinski definition) is 0. The fraction of sp³-hybridized carbons (Fsp3) is 1.00. The average Bonchev–Trinajstić information content (AvgIpc) is 1.61. The summed E-state index contributed by atoms with van der Waals surface area (Å²) in [5.74, 6) is 0. The van der Waals surface area contributed by atoms with E-state index in [4.69, 9.17) is 0 Å². The zero-order chi connectivity index (χ0) is 4.83. The third-order valence-electron chi connectivity index (χ3n) is 0.588. The third kappa shape index (κ3) is 4.75. The normalized spacial score (nSPS) is 9.00. The Bertz CT molecular complexity index is 19.5. The second-order valence-electron chi connectivity index (χ2n) is 1.18. The Kier molecular flexibility index (Phi) is 6.46. The van der Waals surface area contributed by atoms with Gasteiger partial charge in [-0.25, -0.2) is 0 Å². The van der Waals surface area contributed by atoms with E-state index in [1.807, 2.05) is 0 Å². The predicted octanol–water partition coefficient (Wildman–Crippen LogP) is 0.787. The van der Waals surface area contributed by atoms with Crippen LogP contribution >= 0.6 is 0 Å². The molecule has 0 aromatic heterocycles. The molecule has 0 N–H and O–H groups in total. The second kappa shape index (κ2) is 5.75. The maximum atomic E-state index is 11.2. The molecule has 2 heteroatoms. The van der Waals surface area contributed by atoms with Crippen LogP contribution in [0.3, 0.4) is 0 Å². The molecule has 0 spiro atoms. The van der Waals surface area contributed by atoms with Crippen LogP contribution in [0.1, 0.15) is 12.8 Å². The Morgan fingerprint density at radius 1 is 1.33 bits per heavy atom. The fourth-order valence-corrected chi connectivity index (χ4v) is 1.06. The van der Waals surface area contributed by atoms with E-state index in [0.717, 1.165) is 12.8 Å². The van der Waals surface area contributed by atoms with Crippen molar-refractivity contribution >= 4 is 23.0 Å². The van der Waals surface area contributed by atoms with Gasteiger partial charge in [0.15, 0.2) is 0 Å². The molecule has 0 rings (SSSR count). The first-order valence-electron chi connectivity index (χ1n) is 2.18. The first kappa shape index (κ1) is 6.75. The van der Waals surface area contributed by atoms with Gasteiger partial charge in [-0.05, 0) is 0 Å². The van der Waals surface area contributed by atoms with Crippen LogP contribution in [0.5, 0.6) is 0 Å². The Labute approximate surface area is 51.6 Å². The zero-order valence-corrected chi connectivity index (χ0v) is 7.08. The van der Waals surface area contributed by atoms with Crippen molar-refractivity contribution < 1.29 is 4.39 Å². The van der Waals surface area contributed by atoms with E-state index >= 15 is 0 Å². The molecule has 0 nitrogen and oxygen atoms in total. The Morgan fingerprint density at radius 3 is 2.17 bits per heavy atom. The summed E-state index contributed by atoms with van der Waals surface area (Å²) in [6, 6.07) is 0. The minimum atomic E-state index is -0.124. The molecule has 0 aliphatic rings. The van der Waals surface area contributed by atoms with Crippen LogP contribution in [0.15, 0.2) is 0 Å². The van der Waals surface area contributed by atoms with Gasteiger partial charge in [0, 0.05) is 0 Å². The summed E-state index contributed by atoms with van der Waals surface area (Å²) < 4.78 is 12.4. The van der Waals surface area contributed by atoms with Gasteiger partial charge in [-0.3, -0.25) is 0 Å². The molecule has 0 unspecified atom stereocenters. The van der Waals surface area contributed by atoms with Crippen LogP contribution < -0.4 is 0 Å². The van der Waals surface area contributed by atoms with Crippen LogP contribution in [0, 0.1) is 0 Å². The number of halogens is 1. The van der Waals surface area contributed by atoms with Gasteiger partial charge < -0.3 is 0 Å².